The molecule has 1 heterocycles. The predicted octanol–water partition coefficient (Wildman–Crippen LogP) is 3.58. The summed E-state index contributed by atoms with van der Waals surface area (Å²) in [7, 11) is 0. The van der Waals surface area contributed by atoms with E-state index in [1.807, 2.05) is 0 Å². The molecule has 0 saturated heterocycles. The maximum Gasteiger partial charge on any atom is 0.161 e. The maximum atomic E-state index is 11.9. The lowest BCUT2D eigenvalue weighted by Crippen LogP contribution is -2.19. The molecule has 0 atom stereocenters. The Morgan fingerprint density at radius 3 is 2.82 bits per heavy atom. The number of allylic oxidation sites excluding steroid dienone is 1. The number of anilines is 1. The Morgan fingerprint density at radius 2 is 2.12 bits per heavy atom. The average molecular weight is 245 g/mol. The number of para-hydroxylation sites is 1. The second-order valence-corrected chi connectivity index (χ2v) is 5.41. The Balaban J connectivity index is 2.08. The number of Topliss-reactive ketones (excluding diaryl/α,β-unsaturated/α-hetero) is 1. The van der Waals surface area contributed by atoms with Gasteiger partial charge in [-0.05, 0) is 31.9 Å². The van der Waals surface area contributed by atoms with Crippen LogP contribution in [0.15, 0.2) is 39.8 Å². The van der Waals surface area contributed by atoms with Gasteiger partial charge >= 0.3 is 0 Å². The number of fused-ring (bicyclic) bond motifs is 1. The van der Waals surface area contributed by atoms with Crippen LogP contribution < -0.4 is 4.90 Å². The fourth-order valence-corrected chi connectivity index (χ4v) is 3.83. The molecule has 0 bridgehead atoms. The van der Waals surface area contributed by atoms with E-state index in [1.165, 1.54) is 15.6 Å². The molecule has 1 fully saturated rings. The summed E-state index contributed by atoms with van der Waals surface area (Å²) in [5, 5.41) is 1.18. The Kier molecular flexibility index (Phi) is 2.71. The van der Waals surface area contributed by atoms with Crippen molar-refractivity contribution in [3.63, 3.8) is 0 Å². The Morgan fingerprint density at radius 1 is 1.29 bits per heavy atom. The standard InChI is InChI=1S/C14H15NOS/c1-2-15-11-7-3-4-9-13(11)17-14(15)10-6-5-8-12(10)16/h3-4,7,9H,2,5-6,8H2,1H3/b14-10-. The quantitative estimate of drug-likeness (QED) is 0.705. The van der Waals surface area contributed by atoms with Crippen molar-refractivity contribution in [3.05, 3.63) is 34.9 Å². The minimum atomic E-state index is 0.346. The normalized spacial score (nSPS) is 23.4. The van der Waals surface area contributed by atoms with Crippen LogP contribution in [0.3, 0.4) is 0 Å². The summed E-state index contributed by atoms with van der Waals surface area (Å²) in [5.41, 5.74) is 2.30. The van der Waals surface area contributed by atoms with Gasteiger partial charge < -0.3 is 4.90 Å². The summed E-state index contributed by atoms with van der Waals surface area (Å²) in [6.45, 7) is 3.07. The highest BCUT2D eigenvalue weighted by Gasteiger charge is 2.30. The lowest BCUT2D eigenvalue weighted by molar-refractivity contribution is -0.114. The van der Waals surface area contributed by atoms with Crippen molar-refractivity contribution in [2.75, 3.05) is 11.4 Å². The van der Waals surface area contributed by atoms with Crippen LogP contribution in [-0.4, -0.2) is 12.3 Å². The van der Waals surface area contributed by atoms with Crippen LogP contribution in [0.25, 0.3) is 0 Å². The third-order valence-electron chi connectivity index (χ3n) is 3.35. The molecular weight excluding hydrogens is 230 g/mol. The van der Waals surface area contributed by atoms with Gasteiger partial charge in [-0.2, -0.15) is 0 Å². The van der Waals surface area contributed by atoms with Crippen LogP contribution in [0.5, 0.6) is 0 Å². The van der Waals surface area contributed by atoms with Crippen molar-refractivity contribution in [1.82, 2.24) is 0 Å². The average Bonchev–Trinajstić information content (AvgIpc) is 2.91. The smallest absolute Gasteiger partial charge is 0.161 e. The van der Waals surface area contributed by atoms with Crippen LogP contribution in [0.1, 0.15) is 26.2 Å². The number of hydrogen-bond donors (Lipinski definition) is 0. The van der Waals surface area contributed by atoms with Crippen LogP contribution >= 0.6 is 11.8 Å². The zero-order valence-corrected chi connectivity index (χ0v) is 10.7. The number of carbonyl (C=O) groups is 1. The molecule has 0 N–H and O–H groups in total. The Labute approximate surface area is 106 Å². The highest BCUT2D eigenvalue weighted by Crippen LogP contribution is 2.48. The fourth-order valence-electron chi connectivity index (χ4n) is 2.52. The van der Waals surface area contributed by atoms with Crippen LogP contribution in [0.4, 0.5) is 5.69 Å². The molecule has 0 spiro atoms. The van der Waals surface area contributed by atoms with Gasteiger partial charge in [-0.3, -0.25) is 4.79 Å². The first-order valence-electron chi connectivity index (χ1n) is 6.12. The van der Waals surface area contributed by atoms with E-state index in [1.54, 1.807) is 11.8 Å². The largest absolute Gasteiger partial charge is 0.335 e. The first-order valence-corrected chi connectivity index (χ1v) is 6.93. The summed E-state index contributed by atoms with van der Waals surface area (Å²) < 4.78 is 0. The SMILES string of the molecule is CCN1/C(=C2\CCCC2=O)Sc2ccccc21. The van der Waals surface area contributed by atoms with E-state index in [9.17, 15) is 4.79 Å². The molecule has 2 aliphatic rings. The second kappa shape index (κ2) is 4.22. The Bertz CT molecular complexity index is 507. The van der Waals surface area contributed by atoms with Gasteiger partial charge in [-0.25, -0.2) is 0 Å². The molecular formula is C14H15NOS. The van der Waals surface area contributed by atoms with Gasteiger partial charge in [0.05, 0.1) is 10.7 Å². The van der Waals surface area contributed by atoms with Crippen molar-refractivity contribution in [2.24, 2.45) is 0 Å². The summed E-state index contributed by atoms with van der Waals surface area (Å²) in [5.74, 6) is 0.346. The molecule has 1 aliphatic carbocycles. The molecule has 1 saturated carbocycles. The molecule has 3 heteroatoms. The molecule has 1 aliphatic heterocycles. The van der Waals surface area contributed by atoms with Gasteiger partial charge in [0.2, 0.25) is 0 Å². The minimum Gasteiger partial charge on any atom is -0.335 e. The van der Waals surface area contributed by atoms with Gasteiger partial charge in [-0.15, -0.1) is 0 Å². The maximum absolute atomic E-state index is 11.9. The molecule has 1 aromatic carbocycles. The van der Waals surface area contributed by atoms with E-state index in [2.05, 4.69) is 36.1 Å². The second-order valence-electron chi connectivity index (χ2n) is 4.37. The summed E-state index contributed by atoms with van der Waals surface area (Å²) in [6, 6.07) is 8.39. The van der Waals surface area contributed by atoms with Crippen LogP contribution in [0, 0.1) is 0 Å². The van der Waals surface area contributed by atoms with Crippen LogP contribution in [0.2, 0.25) is 0 Å². The molecule has 0 aromatic heterocycles. The number of hydrogen-bond acceptors (Lipinski definition) is 3. The van der Waals surface area contributed by atoms with Crippen LogP contribution in [-0.2, 0) is 4.79 Å². The van der Waals surface area contributed by atoms with Crippen molar-refractivity contribution in [3.8, 4) is 0 Å². The monoisotopic (exact) mass is 245 g/mol. The molecule has 1 aromatic rings. The summed E-state index contributed by atoms with van der Waals surface area (Å²) >= 11 is 1.75. The van der Waals surface area contributed by atoms with E-state index in [4.69, 9.17) is 0 Å². The molecule has 0 radical (unpaired) electrons. The van der Waals surface area contributed by atoms with Crippen molar-refractivity contribution < 1.29 is 4.79 Å². The number of carbonyl (C=O) groups excluding carboxylic acids is 1. The van der Waals surface area contributed by atoms with Gasteiger partial charge in [0, 0.05) is 23.4 Å². The third-order valence-corrected chi connectivity index (χ3v) is 4.57. The zero-order valence-electron chi connectivity index (χ0n) is 9.90. The molecule has 0 amide bonds. The predicted molar refractivity (Wildman–Crippen MR) is 71.2 cm³/mol. The highest BCUT2D eigenvalue weighted by atomic mass is 32.2. The Hall–Kier alpha value is -1.22. The molecule has 0 unspecified atom stereocenters. The van der Waals surface area contributed by atoms with Gasteiger partial charge in [0.25, 0.3) is 0 Å². The summed E-state index contributed by atoms with van der Waals surface area (Å²) in [6.07, 6.45) is 2.70. The number of nitrogens with zero attached hydrogens (tertiary/aromatic N) is 1. The van der Waals surface area contributed by atoms with Gasteiger partial charge in [0.1, 0.15) is 0 Å². The highest BCUT2D eigenvalue weighted by molar-refractivity contribution is 8.03. The van der Waals surface area contributed by atoms with E-state index in [-0.39, 0.29) is 0 Å². The lowest BCUT2D eigenvalue weighted by Gasteiger charge is -2.19. The van der Waals surface area contributed by atoms with E-state index in [0.29, 0.717) is 5.78 Å². The number of benzene rings is 1. The van der Waals surface area contributed by atoms with E-state index < -0.39 is 0 Å². The lowest BCUT2D eigenvalue weighted by atomic mass is 10.2. The molecule has 88 valence electrons. The topological polar surface area (TPSA) is 20.3 Å². The molecule has 2 nitrogen and oxygen atoms in total. The first-order chi connectivity index (χ1) is 8.31. The zero-order chi connectivity index (χ0) is 11.8. The van der Waals surface area contributed by atoms with Gasteiger partial charge in [-0.1, -0.05) is 23.9 Å². The third kappa shape index (κ3) is 1.69. The first kappa shape index (κ1) is 10.9. The van der Waals surface area contributed by atoms with Crippen molar-refractivity contribution >= 4 is 23.2 Å². The molecule has 17 heavy (non-hydrogen) atoms. The number of ketones is 1. The van der Waals surface area contributed by atoms with Gasteiger partial charge in [0.15, 0.2) is 5.78 Å². The fraction of sp³-hybridized carbons (Fsp3) is 0.357. The van der Waals surface area contributed by atoms with Crippen molar-refractivity contribution in [2.45, 2.75) is 31.1 Å². The number of rotatable bonds is 1. The van der Waals surface area contributed by atoms with E-state index in [0.717, 1.165) is 31.4 Å². The van der Waals surface area contributed by atoms with Crippen molar-refractivity contribution in [1.29, 1.82) is 0 Å². The minimum absolute atomic E-state index is 0.346. The summed E-state index contributed by atoms with van der Waals surface area (Å²) in [4.78, 5) is 15.4. The van der Waals surface area contributed by atoms with E-state index >= 15 is 0 Å². The number of thioether (sulfide) groups is 1. The molecule has 3 rings (SSSR count).